The van der Waals surface area contributed by atoms with Crippen molar-refractivity contribution in [1.29, 1.82) is 0 Å². The van der Waals surface area contributed by atoms with Gasteiger partial charge in [-0.25, -0.2) is 8.42 Å². The number of hydrogen-bond donors (Lipinski definition) is 1. The molecule has 6 nitrogen and oxygen atoms in total. The lowest BCUT2D eigenvalue weighted by atomic mass is 10.1. The molecule has 1 aromatic heterocycles. The van der Waals surface area contributed by atoms with Gasteiger partial charge < -0.3 is 10.3 Å². The van der Waals surface area contributed by atoms with Gasteiger partial charge in [-0.3, -0.25) is 4.98 Å². The number of fused-ring (bicyclic) bond motifs is 1. The van der Waals surface area contributed by atoms with Gasteiger partial charge in [-0.2, -0.15) is 17.5 Å². The topological polar surface area (TPSA) is 79.5 Å². The Hall–Kier alpha value is -2.89. The number of pyridine rings is 1. The second-order valence-corrected chi connectivity index (χ2v) is 12.9. The minimum Gasteiger partial charge on any atom is -0.399 e. The zero-order valence-electron chi connectivity index (χ0n) is 19.2. The van der Waals surface area contributed by atoms with Crippen LogP contribution in [0.5, 0.6) is 0 Å². The van der Waals surface area contributed by atoms with Gasteiger partial charge in [0.1, 0.15) is 0 Å². The van der Waals surface area contributed by atoms with Crippen molar-refractivity contribution in [2.24, 2.45) is 0 Å². The Morgan fingerprint density at radius 1 is 1.09 bits per heavy atom. The third-order valence-corrected chi connectivity index (χ3v) is 10.6. The molecule has 0 unspecified atom stereocenters. The Balaban J connectivity index is 1.79. The van der Waals surface area contributed by atoms with Crippen LogP contribution in [0.4, 0.5) is 24.5 Å². The van der Waals surface area contributed by atoms with Crippen LogP contribution in [-0.4, -0.2) is 38.3 Å². The molecule has 2 N–H and O–H groups in total. The van der Waals surface area contributed by atoms with Gasteiger partial charge in [0.15, 0.2) is 8.96 Å². The number of benzene rings is 2. The first kappa shape index (κ1) is 25.2. The molecular weight excluding hydrogens is 493 g/mol. The molecule has 0 spiro atoms. The molecule has 2 heterocycles. The van der Waals surface area contributed by atoms with E-state index >= 15 is 0 Å². The molecule has 1 aliphatic heterocycles. The quantitative estimate of drug-likeness (QED) is 0.488. The SMILES string of the molecule is Cc1cccc2c1CN(S(=O)(=O)C(F)(F)F)C[Si](CCc1ccccc1)N2Cc1cc(N)ccn1. The first-order valence-electron chi connectivity index (χ1n) is 11.1. The first-order chi connectivity index (χ1) is 16.6. The van der Waals surface area contributed by atoms with Gasteiger partial charge in [-0.05, 0) is 54.3 Å². The van der Waals surface area contributed by atoms with Crippen LogP contribution in [0.15, 0.2) is 66.9 Å². The van der Waals surface area contributed by atoms with Crippen LogP contribution in [-0.2, 0) is 29.5 Å². The summed E-state index contributed by atoms with van der Waals surface area (Å²) in [7, 11) is -7.35. The lowest BCUT2D eigenvalue weighted by Crippen LogP contribution is -2.50. The minimum absolute atomic E-state index is 0.199. The molecule has 0 saturated carbocycles. The van der Waals surface area contributed by atoms with E-state index in [1.54, 1.807) is 31.3 Å². The lowest BCUT2D eigenvalue weighted by molar-refractivity contribution is -0.0486. The normalized spacial score (nSPS) is 15.6. The van der Waals surface area contributed by atoms with E-state index in [0.29, 0.717) is 40.3 Å². The summed E-state index contributed by atoms with van der Waals surface area (Å²) in [5.41, 5.74) is 4.89. The van der Waals surface area contributed by atoms with Crippen molar-refractivity contribution in [3.63, 3.8) is 0 Å². The molecule has 185 valence electrons. The zero-order valence-corrected chi connectivity index (χ0v) is 21.0. The second kappa shape index (κ2) is 10.00. The number of aryl methyl sites for hydroxylation is 2. The van der Waals surface area contributed by atoms with Crippen LogP contribution < -0.4 is 10.3 Å². The molecule has 0 amide bonds. The number of aromatic nitrogens is 1. The first-order valence-corrected chi connectivity index (χ1v) is 14.4. The summed E-state index contributed by atoms with van der Waals surface area (Å²) in [6, 6.07) is 19.1. The summed E-state index contributed by atoms with van der Waals surface area (Å²) >= 11 is 0. The highest BCUT2D eigenvalue weighted by atomic mass is 32.2. The van der Waals surface area contributed by atoms with Crippen molar-refractivity contribution in [1.82, 2.24) is 9.29 Å². The van der Waals surface area contributed by atoms with Gasteiger partial charge in [0.25, 0.3) is 0 Å². The Morgan fingerprint density at radius 2 is 1.83 bits per heavy atom. The zero-order chi connectivity index (χ0) is 25.2. The molecule has 11 heteroatoms. The van der Waals surface area contributed by atoms with Crippen molar-refractivity contribution in [2.45, 2.75) is 38.0 Å². The van der Waals surface area contributed by atoms with Crippen LogP contribution in [0.25, 0.3) is 0 Å². The molecule has 0 fully saturated rings. The molecule has 0 bridgehead atoms. The van der Waals surface area contributed by atoms with Gasteiger partial charge in [0.2, 0.25) is 0 Å². The van der Waals surface area contributed by atoms with Gasteiger partial charge in [0.05, 0.1) is 12.2 Å². The van der Waals surface area contributed by atoms with E-state index in [9.17, 15) is 21.6 Å². The number of rotatable bonds is 6. The fourth-order valence-corrected chi connectivity index (χ4v) is 8.59. The van der Waals surface area contributed by atoms with Gasteiger partial charge in [0, 0.05) is 30.3 Å². The average molecular weight is 520 g/mol. The smallest absolute Gasteiger partial charge is 0.399 e. The van der Waals surface area contributed by atoms with Crippen molar-refractivity contribution in [2.75, 3.05) is 16.5 Å². The van der Waals surface area contributed by atoms with Gasteiger partial charge in [-0.1, -0.05) is 42.5 Å². The summed E-state index contributed by atoms with van der Waals surface area (Å²) in [6.07, 6.45) is 2.02. The van der Waals surface area contributed by atoms with Crippen LogP contribution >= 0.6 is 0 Å². The highest BCUT2D eigenvalue weighted by Crippen LogP contribution is 2.36. The number of halogens is 3. The second-order valence-electron chi connectivity index (χ2n) is 8.51. The van der Waals surface area contributed by atoms with E-state index in [-0.39, 0.29) is 12.7 Å². The molecular formula is C24H26F3N4O2SSi. The van der Waals surface area contributed by atoms with Crippen LogP contribution in [0.2, 0.25) is 6.04 Å². The molecule has 3 aromatic rings. The molecule has 0 aliphatic carbocycles. The maximum Gasteiger partial charge on any atom is 0.511 e. The van der Waals surface area contributed by atoms with E-state index in [4.69, 9.17) is 5.73 Å². The van der Waals surface area contributed by atoms with Crippen molar-refractivity contribution >= 4 is 30.4 Å². The molecule has 35 heavy (non-hydrogen) atoms. The monoisotopic (exact) mass is 519 g/mol. The van der Waals surface area contributed by atoms with Crippen LogP contribution in [0.3, 0.4) is 0 Å². The average Bonchev–Trinajstić information content (AvgIpc) is 2.96. The third kappa shape index (κ3) is 5.52. The fraction of sp³-hybridized carbons (Fsp3) is 0.292. The fourth-order valence-electron chi connectivity index (χ4n) is 4.24. The number of nitrogens with zero attached hydrogens (tertiary/aromatic N) is 3. The number of nitrogens with two attached hydrogens (primary N) is 1. The Bertz CT molecular complexity index is 1290. The maximum atomic E-state index is 13.6. The van der Waals surface area contributed by atoms with Gasteiger partial charge in [-0.15, -0.1) is 0 Å². The van der Waals surface area contributed by atoms with E-state index < -0.39 is 24.5 Å². The minimum atomic E-state index is -5.50. The predicted octanol–water partition coefficient (Wildman–Crippen LogP) is 4.42. The van der Waals surface area contributed by atoms with Crippen molar-refractivity contribution in [3.05, 3.63) is 89.2 Å². The molecule has 0 saturated heterocycles. The standard InChI is InChI=1S/C24H26F3N4O2SSi/c1-18-6-5-9-23-22(18)16-30(34(32,33)24(25,26)27)17-35(13-11-19-7-3-2-4-8-19)31(23)15-21-14-20(28)10-12-29-21/h2-10,12,14H,11,13,15-17H2,1H3,(H2,28,29). The lowest BCUT2D eigenvalue weighted by Gasteiger charge is -2.33. The number of hydrogen-bond acceptors (Lipinski definition) is 5. The molecule has 0 atom stereocenters. The summed E-state index contributed by atoms with van der Waals surface area (Å²) in [4.78, 5) is 4.40. The van der Waals surface area contributed by atoms with Crippen molar-refractivity contribution in [3.8, 4) is 0 Å². The molecule has 2 aromatic carbocycles. The summed E-state index contributed by atoms with van der Waals surface area (Å²) in [5.74, 6) is 0. The van der Waals surface area contributed by atoms with Crippen LogP contribution in [0, 0.1) is 6.92 Å². The van der Waals surface area contributed by atoms with Gasteiger partial charge >= 0.3 is 15.5 Å². The summed E-state index contributed by atoms with van der Waals surface area (Å²) in [6.45, 7) is 1.78. The molecule has 1 radical (unpaired) electrons. The largest absolute Gasteiger partial charge is 0.511 e. The number of anilines is 2. The van der Waals surface area contributed by atoms with E-state index in [0.717, 1.165) is 16.8 Å². The summed E-state index contributed by atoms with van der Waals surface area (Å²) in [5, 5.41) is 0. The highest BCUT2D eigenvalue weighted by molar-refractivity contribution is 7.90. The number of alkyl halides is 3. The maximum absolute atomic E-state index is 13.6. The highest BCUT2D eigenvalue weighted by Gasteiger charge is 2.51. The Kier molecular flexibility index (Phi) is 7.20. The number of nitrogen functional groups attached to an aromatic ring is 1. The van der Waals surface area contributed by atoms with E-state index in [2.05, 4.69) is 9.55 Å². The van der Waals surface area contributed by atoms with E-state index in [1.165, 1.54) is 0 Å². The third-order valence-electron chi connectivity index (χ3n) is 6.09. The number of sulfonamides is 1. The Morgan fingerprint density at radius 3 is 2.51 bits per heavy atom. The van der Waals surface area contributed by atoms with E-state index in [1.807, 2.05) is 42.5 Å². The van der Waals surface area contributed by atoms with Crippen LogP contribution in [0.1, 0.15) is 22.4 Å². The molecule has 1 aliphatic rings. The summed E-state index contributed by atoms with van der Waals surface area (Å²) < 4.78 is 68.8. The Labute approximate surface area is 204 Å². The molecule has 4 rings (SSSR count). The predicted molar refractivity (Wildman–Crippen MR) is 132 cm³/mol. The van der Waals surface area contributed by atoms with Crippen molar-refractivity contribution < 1.29 is 21.6 Å².